The van der Waals surface area contributed by atoms with Crippen LogP contribution in [0.2, 0.25) is 0 Å². The van der Waals surface area contributed by atoms with E-state index in [2.05, 4.69) is 5.10 Å². The minimum absolute atomic E-state index is 0.180. The normalized spacial score (nSPS) is 11.5. The Balaban J connectivity index is 1.95. The zero-order chi connectivity index (χ0) is 22.9. The Hall–Kier alpha value is -3.23. The van der Waals surface area contributed by atoms with E-state index < -0.39 is 15.7 Å². The molecule has 1 aromatic heterocycles. The summed E-state index contributed by atoms with van der Waals surface area (Å²) in [4.78, 5) is 14.7. The number of nitrogens with zero attached hydrogens (tertiary/aromatic N) is 2. The van der Waals surface area contributed by atoms with Crippen LogP contribution in [0.25, 0.3) is 27.9 Å². The van der Waals surface area contributed by atoms with Gasteiger partial charge in [0.2, 0.25) is 0 Å². The van der Waals surface area contributed by atoms with E-state index in [1.165, 1.54) is 28.9 Å². The van der Waals surface area contributed by atoms with Gasteiger partial charge in [-0.15, -0.1) is 11.8 Å². The van der Waals surface area contributed by atoms with Gasteiger partial charge in [-0.1, -0.05) is 30.3 Å². The number of sulfone groups is 1. The van der Waals surface area contributed by atoms with E-state index >= 15 is 0 Å². The SMILES string of the molecule is CSc1cccc(-n2ncc(-c3ccc(S(C)(=O)=O)cc3)c(-c3ccc(F)cc3)c2=O)c1. The van der Waals surface area contributed by atoms with Crippen molar-refractivity contribution in [2.75, 3.05) is 12.5 Å². The molecular weight excluding hydrogens is 447 g/mol. The van der Waals surface area contributed by atoms with Crippen LogP contribution in [0.3, 0.4) is 0 Å². The standard InChI is InChI=1S/C24H19FN2O3S2/c1-31-20-5-3-4-19(14-20)27-24(28)23(17-6-10-18(25)11-7-17)22(15-26-27)16-8-12-21(13-9-16)32(2,29)30/h3-15H,1-2H3. The third kappa shape index (κ3) is 4.37. The molecule has 0 bridgehead atoms. The van der Waals surface area contributed by atoms with E-state index in [4.69, 9.17) is 0 Å². The van der Waals surface area contributed by atoms with Crippen LogP contribution in [0, 0.1) is 5.82 Å². The molecule has 0 saturated heterocycles. The quantitative estimate of drug-likeness (QED) is 0.394. The van der Waals surface area contributed by atoms with Gasteiger partial charge in [0, 0.05) is 16.7 Å². The maximum absolute atomic E-state index is 13.6. The molecule has 4 aromatic rings. The number of aromatic nitrogens is 2. The van der Waals surface area contributed by atoms with Crippen molar-refractivity contribution in [1.82, 2.24) is 9.78 Å². The Morgan fingerprint density at radius 1 is 0.938 bits per heavy atom. The Bertz CT molecular complexity index is 1450. The average molecular weight is 467 g/mol. The molecule has 0 unspecified atom stereocenters. The molecule has 1 heterocycles. The number of rotatable bonds is 5. The van der Waals surface area contributed by atoms with Crippen molar-refractivity contribution in [2.45, 2.75) is 9.79 Å². The largest absolute Gasteiger partial charge is 0.279 e. The molecule has 0 atom stereocenters. The fraction of sp³-hybridized carbons (Fsp3) is 0.0833. The summed E-state index contributed by atoms with van der Waals surface area (Å²) in [5.41, 5.74) is 2.30. The lowest BCUT2D eigenvalue weighted by atomic mass is 9.97. The van der Waals surface area contributed by atoms with Gasteiger partial charge in [-0.05, 0) is 59.8 Å². The molecule has 0 radical (unpaired) electrons. The lowest BCUT2D eigenvalue weighted by Gasteiger charge is -2.13. The van der Waals surface area contributed by atoms with Crippen LogP contribution < -0.4 is 5.56 Å². The van der Waals surface area contributed by atoms with Crippen molar-refractivity contribution in [2.24, 2.45) is 0 Å². The van der Waals surface area contributed by atoms with Gasteiger partial charge >= 0.3 is 0 Å². The zero-order valence-corrected chi connectivity index (χ0v) is 19.0. The van der Waals surface area contributed by atoms with E-state index in [0.717, 1.165) is 11.2 Å². The summed E-state index contributed by atoms with van der Waals surface area (Å²) in [6, 6.07) is 19.4. The zero-order valence-electron chi connectivity index (χ0n) is 17.3. The van der Waals surface area contributed by atoms with Gasteiger partial charge < -0.3 is 0 Å². The molecule has 0 fully saturated rings. The smallest absolute Gasteiger partial charge is 0.267 e. The van der Waals surface area contributed by atoms with Gasteiger partial charge in [-0.25, -0.2) is 12.8 Å². The van der Waals surface area contributed by atoms with Gasteiger partial charge in [0.1, 0.15) is 5.82 Å². The van der Waals surface area contributed by atoms with Crippen LogP contribution in [0.15, 0.2) is 93.6 Å². The first-order valence-corrected chi connectivity index (χ1v) is 12.7. The molecule has 162 valence electrons. The maximum Gasteiger partial charge on any atom is 0.279 e. The highest BCUT2D eigenvalue weighted by Crippen LogP contribution is 2.30. The molecule has 8 heteroatoms. The van der Waals surface area contributed by atoms with Gasteiger partial charge in [-0.2, -0.15) is 9.78 Å². The van der Waals surface area contributed by atoms with Crippen molar-refractivity contribution >= 4 is 21.6 Å². The van der Waals surface area contributed by atoms with Crippen LogP contribution in [0.4, 0.5) is 4.39 Å². The summed E-state index contributed by atoms with van der Waals surface area (Å²) in [6.07, 6.45) is 4.65. The average Bonchev–Trinajstić information content (AvgIpc) is 2.79. The third-order valence-electron chi connectivity index (χ3n) is 5.00. The number of benzene rings is 3. The number of hydrogen-bond acceptors (Lipinski definition) is 5. The van der Waals surface area contributed by atoms with Crippen molar-refractivity contribution in [1.29, 1.82) is 0 Å². The van der Waals surface area contributed by atoms with Crippen LogP contribution in [-0.2, 0) is 9.84 Å². The molecule has 0 aliphatic carbocycles. The topological polar surface area (TPSA) is 69.0 Å². The Labute approximate surface area is 189 Å². The number of halogens is 1. The van der Waals surface area contributed by atoms with E-state index in [1.807, 2.05) is 24.5 Å². The molecule has 5 nitrogen and oxygen atoms in total. The first-order chi connectivity index (χ1) is 15.3. The highest BCUT2D eigenvalue weighted by atomic mass is 32.2. The number of hydrogen-bond donors (Lipinski definition) is 0. The maximum atomic E-state index is 13.6. The minimum Gasteiger partial charge on any atom is -0.267 e. The summed E-state index contributed by atoms with van der Waals surface area (Å²) >= 11 is 1.56. The predicted octanol–water partition coefficient (Wildman–Crippen LogP) is 4.83. The van der Waals surface area contributed by atoms with Crippen LogP contribution in [-0.4, -0.2) is 30.7 Å². The van der Waals surface area contributed by atoms with Crippen LogP contribution >= 0.6 is 11.8 Å². The molecular formula is C24H19FN2O3S2. The van der Waals surface area contributed by atoms with Crippen molar-refractivity contribution in [3.05, 3.63) is 95.2 Å². The van der Waals surface area contributed by atoms with Gasteiger partial charge in [0.25, 0.3) is 5.56 Å². The van der Waals surface area contributed by atoms with E-state index in [0.29, 0.717) is 27.9 Å². The Kier molecular flexibility index (Phi) is 5.99. The molecule has 4 rings (SSSR count). The molecule has 0 saturated carbocycles. The molecule has 0 aliphatic rings. The van der Waals surface area contributed by atoms with Gasteiger partial charge in [-0.3, -0.25) is 4.79 Å². The second kappa shape index (κ2) is 8.72. The molecule has 3 aromatic carbocycles. The Morgan fingerprint density at radius 3 is 2.22 bits per heavy atom. The summed E-state index contributed by atoms with van der Waals surface area (Å²) in [6.45, 7) is 0. The van der Waals surface area contributed by atoms with Crippen molar-refractivity contribution in [3.8, 4) is 27.9 Å². The monoisotopic (exact) mass is 466 g/mol. The fourth-order valence-electron chi connectivity index (χ4n) is 3.38. The lowest BCUT2D eigenvalue weighted by Crippen LogP contribution is -2.23. The lowest BCUT2D eigenvalue weighted by molar-refractivity contribution is 0.602. The third-order valence-corrected chi connectivity index (χ3v) is 6.86. The predicted molar refractivity (Wildman–Crippen MR) is 126 cm³/mol. The summed E-state index contributed by atoms with van der Waals surface area (Å²) in [5, 5.41) is 4.38. The Morgan fingerprint density at radius 2 is 1.59 bits per heavy atom. The first kappa shape index (κ1) is 22.0. The summed E-state index contributed by atoms with van der Waals surface area (Å²) in [7, 11) is -3.35. The van der Waals surface area contributed by atoms with Crippen molar-refractivity contribution < 1.29 is 12.8 Å². The van der Waals surface area contributed by atoms with Crippen LogP contribution in [0.1, 0.15) is 0 Å². The van der Waals surface area contributed by atoms with E-state index in [9.17, 15) is 17.6 Å². The molecule has 0 spiro atoms. The fourth-order valence-corrected chi connectivity index (χ4v) is 4.46. The summed E-state index contributed by atoms with van der Waals surface area (Å²) < 4.78 is 38.5. The van der Waals surface area contributed by atoms with Crippen molar-refractivity contribution in [3.63, 3.8) is 0 Å². The highest BCUT2D eigenvalue weighted by Gasteiger charge is 2.17. The first-order valence-electron chi connectivity index (χ1n) is 9.61. The molecule has 0 aliphatic heterocycles. The van der Waals surface area contributed by atoms with E-state index in [1.54, 1.807) is 48.3 Å². The molecule has 0 N–H and O–H groups in total. The van der Waals surface area contributed by atoms with Gasteiger partial charge in [0.15, 0.2) is 9.84 Å². The van der Waals surface area contributed by atoms with Crippen LogP contribution in [0.5, 0.6) is 0 Å². The second-order valence-corrected chi connectivity index (χ2v) is 10.1. The second-order valence-electron chi connectivity index (χ2n) is 7.16. The minimum atomic E-state index is -3.35. The summed E-state index contributed by atoms with van der Waals surface area (Å²) in [5.74, 6) is -0.408. The highest BCUT2D eigenvalue weighted by molar-refractivity contribution is 7.98. The molecule has 0 amide bonds. The van der Waals surface area contributed by atoms with Gasteiger partial charge in [0.05, 0.1) is 22.3 Å². The number of thioether (sulfide) groups is 1. The molecule has 32 heavy (non-hydrogen) atoms. The van der Waals surface area contributed by atoms with E-state index in [-0.39, 0.29) is 10.5 Å².